The first-order valence-corrected chi connectivity index (χ1v) is 10.4. The van der Waals surface area contributed by atoms with Crippen LogP contribution in [0.4, 0.5) is 16.2 Å². The molecule has 1 aromatic carbocycles. The lowest BCUT2D eigenvalue weighted by Gasteiger charge is -2.40. The maximum Gasteiger partial charge on any atom is 0.325 e. The average Bonchev–Trinajstić information content (AvgIpc) is 2.83. The summed E-state index contributed by atoms with van der Waals surface area (Å²) < 4.78 is 0. The molecule has 29 heavy (non-hydrogen) atoms. The zero-order valence-electron chi connectivity index (χ0n) is 16.8. The van der Waals surface area contributed by atoms with Gasteiger partial charge in [0, 0.05) is 5.69 Å². The summed E-state index contributed by atoms with van der Waals surface area (Å²) in [6.07, 6.45) is 2.89. The molecule has 4 amide bonds. The summed E-state index contributed by atoms with van der Waals surface area (Å²) in [5.41, 5.74) is 5.50. The summed E-state index contributed by atoms with van der Waals surface area (Å²) in [6.45, 7) is 6.19. The number of nitrogen functional groups attached to an aromatic ring is 1. The van der Waals surface area contributed by atoms with Crippen LogP contribution in [0.2, 0.25) is 10.0 Å². The minimum absolute atomic E-state index is 0.161. The minimum Gasteiger partial charge on any atom is -0.396 e. The Morgan fingerprint density at radius 3 is 2.31 bits per heavy atom. The van der Waals surface area contributed by atoms with Crippen LogP contribution in [0.1, 0.15) is 46.5 Å². The molecule has 0 radical (unpaired) electrons. The first kappa shape index (κ1) is 21.7. The van der Waals surface area contributed by atoms with Gasteiger partial charge < -0.3 is 16.4 Å². The highest BCUT2D eigenvalue weighted by Gasteiger charge is 2.53. The molecule has 2 aliphatic rings. The molecule has 0 aromatic heterocycles. The van der Waals surface area contributed by atoms with E-state index in [2.05, 4.69) is 31.4 Å². The number of amides is 4. The molecule has 0 atom stereocenters. The molecule has 7 nitrogen and oxygen atoms in total. The van der Waals surface area contributed by atoms with Crippen LogP contribution >= 0.6 is 23.2 Å². The maximum absolute atomic E-state index is 13.0. The Morgan fingerprint density at radius 1 is 1.24 bits per heavy atom. The van der Waals surface area contributed by atoms with E-state index in [1.807, 2.05) is 0 Å². The summed E-state index contributed by atoms with van der Waals surface area (Å²) in [7, 11) is 0. The van der Waals surface area contributed by atoms with Crippen molar-refractivity contribution in [3.05, 3.63) is 22.2 Å². The van der Waals surface area contributed by atoms with Crippen LogP contribution in [0, 0.1) is 11.3 Å². The van der Waals surface area contributed by atoms with Gasteiger partial charge in [-0.2, -0.15) is 0 Å². The number of nitrogens with two attached hydrogens (primary N) is 1. The van der Waals surface area contributed by atoms with Crippen molar-refractivity contribution < 1.29 is 14.4 Å². The van der Waals surface area contributed by atoms with Gasteiger partial charge in [-0.15, -0.1) is 0 Å². The van der Waals surface area contributed by atoms with Gasteiger partial charge in [0.25, 0.3) is 5.91 Å². The van der Waals surface area contributed by atoms with Crippen molar-refractivity contribution in [2.45, 2.75) is 52.0 Å². The molecule has 1 aromatic rings. The van der Waals surface area contributed by atoms with E-state index in [4.69, 9.17) is 28.9 Å². The molecular formula is C20H26Cl2N4O3. The molecule has 3 rings (SSSR count). The number of rotatable bonds is 3. The molecule has 4 N–H and O–H groups in total. The van der Waals surface area contributed by atoms with Crippen molar-refractivity contribution in [3.8, 4) is 0 Å². The van der Waals surface area contributed by atoms with E-state index in [1.54, 1.807) is 0 Å². The number of nitrogens with one attached hydrogen (secondary N) is 2. The smallest absolute Gasteiger partial charge is 0.325 e. The van der Waals surface area contributed by atoms with Gasteiger partial charge >= 0.3 is 6.03 Å². The Morgan fingerprint density at radius 2 is 1.79 bits per heavy atom. The lowest BCUT2D eigenvalue weighted by molar-refractivity contribution is -0.135. The Kier molecular flexibility index (Phi) is 5.75. The van der Waals surface area contributed by atoms with E-state index in [1.165, 1.54) is 12.1 Å². The second kappa shape index (κ2) is 7.69. The van der Waals surface area contributed by atoms with Crippen molar-refractivity contribution in [1.29, 1.82) is 0 Å². The quantitative estimate of drug-likeness (QED) is 0.486. The highest BCUT2D eigenvalue weighted by Crippen LogP contribution is 2.43. The fourth-order valence-corrected chi connectivity index (χ4v) is 4.62. The Bertz CT molecular complexity index is 835. The number of carbonyl (C=O) groups excluding carboxylic acids is 3. The Labute approximate surface area is 180 Å². The number of hydrogen-bond donors (Lipinski definition) is 3. The second-order valence-electron chi connectivity index (χ2n) is 8.95. The van der Waals surface area contributed by atoms with E-state index in [9.17, 15) is 14.4 Å². The number of anilines is 2. The highest BCUT2D eigenvalue weighted by atomic mass is 35.5. The lowest BCUT2D eigenvalue weighted by Crippen LogP contribution is -2.50. The van der Waals surface area contributed by atoms with Crippen LogP contribution in [-0.2, 0) is 9.59 Å². The van der Waals surface area contributed by atoms with Crippen LogP contribution < -0.4 is 16.4 Å². The van der Waals surface area contributed by atoms with Crippen LogP contribution in [-0.4, -0.2) is 34.8 Å². The normalized spacial score (nSPS) is 24.7. The molecule has 1 heterocycles. The van der Waals surface area contributed by atoms with E-state index in [-0.39, 0.29) is 33.6 Å². The molecule has 1 spiro atoms. The fraction of sp³-hybridized carbons (Fsp3) is 0.550. The summed E-state index contributed by atoms with van der Waals surface area (Å²) in [5, 5.41) is 5.85. The molecular weight excluding hydrogens is 415 g/mol. The SMILES string of the molecule is CC(C)(C)C1CCC2(CC1)NC(=O)N(CC(=O)Nc1cc(Cl)c(N)c(Cl)c1)C2=O. The molecule has 0 bridgehead atoms. The minimum atomic E-state index is -0.896. The van der Waals surface area contributed by atoms with Crippen LogP contribution in [0.5, 0.6) is 0 Å². The standard InChI is InChI=1S/C20H26Cl2N4O3/c1-19(2,3)11-4-6-20(7-5-11)17(28)26(18(29)25-20)10-15(27)24-12-8-13(21)16(23)14(22)9-12/h8-9,11H,4-7,10,23H2,1-3H3,(H,24,27)(H,25,29). The Balaban J connectivity index is 1.66. The molecule has 1 aliphatic carbocycles. The number of nitrogens with zero attached hydrogens (tertiary/aromatic N) is 1. The van der Waals surface area contributed by atoms with Crippen molar-refractivity contribution in [2.75, 3.05) is 17.6 Å². The molecule has 158 valence electrons. The van der Waals surface area contributed by atoms with Crippen LogP contribution in [0.25, 0.3) is 0 Å². The number of benzene rings is 1. The monoisotopic (exact) mass is 440 g/mol. The number of imide groups is 1. The summed E-state index contributed by atoms with van der Waals surface area (Å²) in [6, 6.07) is 2.39. The average molecular weight is 441 g/mol. The fourth-order valence-electron chi connectivity index (χ4n) is 4.14. The van der Waals surface area contributed by atoms with Crippen molar-refractivity contribution in [3.63, 3.8) is 0 Å². The van der Waals surface area contributed by atoms with Gasteiger partial charge in [-0.3, -0.25) is 14.5 Å². The van der Waals surface area contributed by atoms with E-state index >= 15 is 0 Å². The Hall–Kier alpha value is -1.99. The largest absolute Gasteiger partial charge is 0.396 e. The number of hydrogen-bond acceptors (Lipinski definition) is 4. The predicted octanol–water partition coefficient (Wildman–Crippen LogP) is 4.04. The van der Waals surface area contributed by atoms with Gasteiger partial charge in [0.2, 0.25) is 5.91 Å². The topological polar surface area (TPSA) is 105 Å². The van der Waals surface area contributed by atoms with Gasteiger partial charge in [-0.05, 0) is 49.1 Å². The zero-order chi connectivity index (χ0) is 21.6. The molecule has 9 heteroatoms. The van der Waals surface area contributed by atoms with E-state index < -0.39 is 17.5 Å². The van der Waals surface area contributed by atoms with Gasteiger partial charge in [0.1, 0.15) is 12.1 Å². The highest BCUT2D eigenvalue weighted by molar-refractivity contribution is 6.39. The van der Waals surface area contributed by atoms with Gasteiger partial charge in [-0.25, -0.2) is 4.79 Å². The molecule has 2 fully saturated rings. The number of urea groups is 1. The first-order valence-electron chi connectivity index (χ1n) is 9.61. The summed E-state index contributed by atoms with van der Waals surface area (Å²) in [4.78, 5) is 38.8. The van der Waals surface area contributed by atoms with Gasteiger partial charge in [-0.1, -0.05) is 44.0 Å². The van der Waals surface area contributed by atoms with E-state index in [0.717, 1.165) is 17.7 Å². The summed E-state index contributed by atoms with van der Waals surface area (Å²) in [5.74, 6) is -0.362. The van der Waals surface area contributed by atoms with Crippen LogP contribution in [0.15, 0.2) is 12.1 Å². The first-order chi connectivity index (χ1) is 13.4. The van der Waals surface area contributed by atoms with Gasteiger partial charge in [0.15, 0.2) is 0 Å². The predicted molar refractivity (Wildman–Crippen MR) is 114 cm³/mol. The lowest BCUT2D eigenvalue weighted by atomic mass is 9.67. The third kappa shape index (κ3) is 4.31. The van der Waals surface area contributed by atoms with Crippen LogP contribution in [0.3, 0.4) is 0 Å². The zero-order valence-corrected chi connectivity index (χ0v) is 18.3. The number of carbonyl (C=O) groups is 3. The van der Waals surface area contributed by atoms with Crippen molar-refractivity contribution >= 4 is 52.4 Å². The van der Waals surface area contributed by atoms with E-state index in [0.29, 0.717) is 24.4 Å². The number of halogens is 2. The summed E-state index contributed by atoms with van der Waals surface area (Å²) >= 11 is 11.9. The molecule has 1 aliphatic heterocycles. The second-order valence-corrected chi connectivity index (χ2v) is 9.76. The third-order valence-corrected chi connectivity index (χ3v) is 6.60. The van der Waals surface area contributed by atoms with Gasteiger partial charge in [0.05, 0.1) is 15.7 Å². The molecule has 1 saturated heterocycles. The third-order valence-electron chi connectivity index (χ3n) is 5.97. The maximum atomic E-state index is 13.0. The molecule has 1 saturated carbocycles. The molecule has 0 unspecified atom stereocenters. The van der Waals surface area contributed by atoms with Crippen molar-refractivity contribution in [1.82, 2.24) is 10.2 Å². The van der Waals surface area contributed by atoms with Crippen molar-refractivity contribution in [2.24, 2.45) is 11.3 Å².